The fraction of sp³-hybridized carbons (Fsp3) is 0.909. The van der Waals surface area contributed by atoms with Crippen LogP contribution in [0.15, 0.2) is 0 Å². The van der Waals surface area contributed by atoms with Gasteiger partial charge in [-0.15, -0.1) is 0 Å². The molecule has 1 heterocycles. The molecule has 0 bridgehead atoms. The molecule has 0 radical (unpaired) electrons. The number of hydrogen-bond acceptors (Lipinski definition) is 4. The predicted octanol–water partition coefficient (Wildman–Crippen LogP) is 3.41. The second-order valence-corrected chi connectivity index (χ2v) is 10.5. The van der Waals surface area contributed by atoms with Crippen LogP contribution in [-0.4, -0.2) is 90.0 Å². The fourth-order valence-corrected chi connectivity index (χ4v) is 6.29. The van der Waals surface area contributed by atoms with Gasteiger partial charge < -0.3 is 14.5 Å². The quantitative estimate of drug-likeness (QED) is 0.640. The number of carbonyl (C=O) groups is 2. The predicted molar refractivity (Wildman–Crippen MR) is 115 cm³/mol. The Morgan fingerprint density at radius 2 is 1.48 bits per heavy atom. The summed E-state index contributed by atoms with van der Waals surface area (Å²) >= 11 is 1.43. The molecule has 3 rings (SSSR count). The Kier molecular flexibility index (Phi) is 8.21. The summed E-state index contributed by atoms with van der Waals surface area (Å²) in [6.45, 7) is 4.08. The topological polar surface area (TPSA) is 49.9 Å². The summed E-state index contributed by atoms with van der Waals surface area (Å²) in [6.07, 6.45) is -0.925. The zero-order valence-electron chi connectivity index (χ0n) is 18.8. The number of ether oxygens (including phenoxy) is 1. The lowest BCUT2D eigenvalue weighted by molar-refractivity contribution is -0.157. The summed E-state index contributed by atoms with van der Waals surface area (Å²) in [6, 6.07) is -0.766. The molecule has 3 aliphatic rings. The lowest BCUT2D eigenvalue weighted by Gasteiger charge is -2.48. The molecule has 2 saturated carbocycles. The smallest absolute Gasteiger partial charge is 0.232 e. The van der Waals surface area contributed by atoms with Crippen LogP contribution in [-0.2, 0) is 14.3 Å². The van der Waals surface area contributed by atoms with E-state index >= 15 is 0 Å². The van der Waals surface area contributed by atoms with Gasteiger partial charge in [-0.2, -0.15) is 11.8 Å². The Labute approximate surface area is 187 Å². The van der Waals surface area contributed by atoms with Gasteiger partial charge in [0, 0.05) is 44.0 Å². The maximum absolute atomic E-state index is 14.7. The maximum atomic E-state index is 14.7. The van der Waals surface area contributed by atoms with Gasteiger partial charge in [0.1, 0.15) is 24.4 Å². The van der Waals surface area contributed by atoms with Gasteiger partial charge in [0.05, 0.1) is 12.0 Å². The van der Waals surface area contributed by atoms with E-state index in [1.807, 2.05) is 6.26 Å². The monoisotopic (exact) mass is 464 g/mol. The number of hydrogen-bond donors (Lipinski definition) is 0. The third kappa shape index (κ3) is 5.18. The minimum atomic E-state index is -1.50. The molecule has 2 aliphatic carbocycles. The zero-order valence-corrected chi connectivity index (χ0v) is 19.6. The van der Waals surface area contributed by atoms with Crippen LogP contribution in [0.2, 0.25) is 0 Å². The number of amides is 2. The van der Waals surface area contributed by atoms with Crippen LogP contribution in [0, 0.1) is 11.8 Å². The van der Waals surface area contributed by atoms with Crippen LogP contribution in [0.1, 0.15) is 46.0 Å². The second kappa shape index (κ2) is 10.3. The van der Waals surface area contributed by atoms with E-state index in [4.69, 9.17) is 4.74 Å². The first kappa shape index (κ1) is 24.7. The normalized spacial score (nSPS) is 41.8. The summed E-state index contributed by atoms with van der Waals surface area (Å²) < 4.78 is 49.3. The van der Waals surface area contributed by atoms with Crippen molar-refractivity contribution >= 4 is 23.6 Å². The average molecular weight is 465 g/mol. The highest BCUT2D eigenvalue weighted by Crippen LogP contribution is 2.37. The van der Waals surface area contributed by atoms with Gasteiger partial charge in [0.15, 0.2) is 0 Å². The van der Waals surface area contributed by atoms with Crippen molar-refractivity contribution in [3.63, 3.8) is 0 Å². The highest BCUT2D eigenvalue weighted by molar-refractivity contribution is 7.99. The SMILES string of the molecule is COC1CCC(C(=O)N2C[C@@H](C)N(C(=O)C3C(F)CC(SC)CC3F)[C@H](C)C2)C(F)C1. The van der Waals surface area contributed by atoms with E-state index in [0.29, 0.717) is 12.8 Å². The van der Waals surface area contributed by atoms with Crippen molar-refractivity contribution in [2.45, 2.75) is 87.9 Å². The van der Waals surface area contributed by atoms with E-state index in [-0.39, 0.29) is 61.7 Å². The van der Waals surface area contributed by atoms with Crippen LogP contribution in [0.25, 0.3) is 0 Å². The summed E-state index contributed by atoms with van der Waals surface area (Å²) in [5.74, 6) is -2.72. The van der Waals surface area contributed by atoms with E-state index in [1.165, 1.54) is 11.8 Å². The molecule has 0 aromatic rings. The summed E-state index contributed by atoms with van der Waals surface area (Å²) in [7, 11) is 1.55. The Bertz CT molecular complexity index is 633. The average Bonchev–Trinajstić information content (AvgIpc) is 2.71. The van der Waals surface area contributed by atoms with E-state index in [0.717, 1.165) is 0 Å². The Hall–Kier alpha value is -0.960. The maximum Gasteiger partial charge on any atom is 0.232 e. The van der Waals surface area contributed by atoms with Gasteiger partial charge in [-0.3, -0.25) is 9.59 Å². The number of rotatable bonds is 4. The summed E-state index contributed by atoms with van der Waals surface area (Å²) in [5.41, 5.74) is 0. The highest BCUT2D eigenvalue weighted by atomic mass is 32.2. The minimum absolute atomic E-state index is 0.111. The lowest BCUT2D eigenvalue weighted by Crippen LogP contribution is -2.63. The fourth-order valence-electron chi connectivity index (χ4n) is 5.54. The molecule has 3 fully saturated rings. The van der Waals surface area contributed by atoms with E-state index < -0.39 is 36.3 Å². The molecule has 1 aliphatic heterocycles. The van der Waals surface area contributed by atoms with Crippen molar-refractivity contribution in [1.82, 2.24) is 9.80 Å². The van der Waals surface area contributed by atoms with Crippen LogP contribution in [0.3, 0.4) is 0 Å². The number of alkyl halides is 3. The zero-order chi connectivity index (χ0) is 22.9. The van der Waals surface area contributed by atoms with Crippen molar-refractivity contribution in [3.05, 3.63) is 0 Å². The molecule has 2 amide bonds. The van der Waals surface area contributed by atoms with Gasteiger partial charge >= 0.3 is 0 Å². The van der Waals surface area contributed by atoms with Gasteiger partial charge in [0.2, 0.25) is 11.8 Å². The van der Waals surface area contributed by atoms with Crippen molar-refractivity contribution in [3.8, 4) is 0 Å². The first-order valence-electron chi connectivity index (χ1n) is 11.3. The molecule has 1 saturated heterocycles. The van der Waals surface area contributed by atoms with Crippen LogP contribution >= 0.6 is 11.8 Å². The largest absolute Gasteiger partial charge is 0.381 e. The summed E-state index contributed by atoms with van der Waals surface area (Å²) in [4.78, 5) is 29.3. The number of nitrogens with zero attached hydrogens (tertiary/aromatic N) is 2. The molecule has 0 aromatic carbocycles. The van der Waals surface area contributed by atoms with E-state index in [9.17, 15) is 22.8 Å². The van der Waals surface area contributed by atoms with Gasteiger partial charge in [-0.1, -0.05) is 0 Å². The number of carbonyl (C=O) groups excluding carboxylic acids is 2. The lowest BCUT2D eigenvalue weighted by atomic mass is 9.83. The number of halogens is 3. The number of piperazine rings is 1. The Morgan fingerprint density at radius 3 is 1.97 bits per heavy atom. The second-order valence-electron chi connectivity index (χ2n) is 9.37. The first-order valence-corrected chi connectivity index (χ1v) is 12.5. The van der Waals surface area contributed by atoms with Gasteiger partial charge in [0.25, 0.3) is 0 Å². The van der Waals surface area contributed by atoms with Crippen molar-refractivity contribution in [1.29, 1.82) is 0 Å². The standard InChI is InChI=1S/C22H35F3N2O3S/c1-12-10-26(21(28)16-6-5-14(30-3)7-17(16)23)11-13(2)27(12)22(29)20-18(24)8-15(31-4)9-19(20)25/h12-20H,5-11H2,1-4H3/t12-,13-,14?,15?,16?,17?,18?,19?,20?/m1/s1. The third-order valence-corrected chi connectivity index (χ3v) is 8.29. The molecule has 0 spiro atoms. The van der Waals surface area contributed by atoms with Crippen molar-refractivity contribution < 1.29 is 27.5 Å². The van der Waals surface area contributed by atoms with E-state index in [2.05, 4.69) is 0 Å². The number of thioether (sulfide) groups is 1. The molecular weight excluding hydrogens is 429 g/mol. The van der Waals surface area contributed by atoms with Crippen molar-refractivity contribution in [2.75, 3.05) is 26.5 Å². The summed E-state index contributed by atoms with van der Waals surface area (Å²) in [5, 5.41) is -0.111. The molecule has 9 heteroatoms. The Morgan fingerprint density at radius 1 is 0.903 bits per heavy atom. The van der Waals surface area contributed by atoms with Crippen LogP contribution < -0.4 is 0 Å². The van der Waals surface area contributed by atoms with E-state index in [1.54, 1.807) is 30.8 Å². The Balaban J connectivity index is 1.64. The molecule has 178 valence electrons. The highest BCUT2D eigenvalue weighted by Gasteiger charge is 2.48. The van der Waals surface area contributed by atoms with Gasteiger partial charge in [-0.05, 0) is 45.8 Å². The molecule has 0 aromatic heterocycles. The first-order chi connectivity index (χ1) is 14.7. The molecule has 31 heavy (non-hydrogen) atoms. The molecular formula is C22H35F3N2O3S. The number of methoxy groups -OCH3 is 1. The van der Waals surface area contributed by atoms with Crippen LogP contribution in [0.4, 0.5) is 13.2 Å². The molecule has 5 nitrogen and oxygen atoms in total. The molecule has 5 unspecified atom stereocenters. The molecule has 7 atom stereocenters. The van der Waals surface area contributed by atoms with Gasteiger partial charge in [-0.25, -0.2) is 13.2 Å². The van der Waals surface area contributed by atoms with Crippen molar-refractivity contribution in [2.24, 2.45) is 11.8 Å². The molecule has 0 N–H and O–H groups in total. The third-order valence-electron chi connectivity index (χ3n) is 7.23. The minimum Gasteiger partial charge on any atom is -0.381 e. The van der Waals surface area contributed by atoms with Crippen LogP contribution in [0.5, 0.6) is 0 Å².